The molecule has 0 aliphatic rings. The smallest absolute Gasteiger partial charge is 0.127 e. The summed E-state index contributed by atoms with van der Waals surface area (Å²) < 4.78 is 11.5. The molecule has 2 aromatic rings. The lowest BCUT2D eigenvalue weighted by Gasteiger charge is -2.12. The lowest BCUT2D eigenvalue weighted by molar-refractivity contribution is 0.390. The van der Waals surface area contributed by atoms with Gasteiger partial charge in [-0.15, -0.1) is 0 Å². The quantitative estimate of drug-likeness (QED) is 0.817. The summed E-state index contributed by atoms with van der Waals surface area (Å²) in [5.74, 6) is 1.59. The number of methoxy groups -OCH3 is 2. The van der Waals surface area contributed by atoms with Crippen LogP contribution < -0.4 is 14.8 Å². The zero-order chi connectivity index (χ0) is 15.2. The summed E-state index contributed by atoms with van der Waals surface area (Å²) in [5, 5.41) is 4.12. The van der Waals surface area contributed by atoms with Crippen LogP contribution in [-0.4, -0.2) is 14.2 Å². The van der Waals surface area contributed by atoms with Crippen molar-refractivity contribution in [3.63, 3.8) is 0 Å². The Morgan fingerprint density at radius 2 is 1.71 bits per heavy atom. The summed E-state index contributed by atoms with van der Waals surface area (Å²) in [6.45, 7) is 1.39. The number of hydrogen-bond acceptors (Lipinski definition) is 3. The van der Waals surface area contributed by atoms with Gasteiger partial charge in [-0.05, 0) is 23.8 Å². The minimum Gasteiger partial charge on any atom is -0.497 e. The molecule has 0 aliphatic carbocycles. The molecule has 0 aromatic heterocycles. The lowest BCUT2D eigenvalue weighted by atomic mass is 10.1. The molecular formula is C16H17BrClNO2. The Morgan fingerprint density at radius 1 is 1.00 bits per heavy atom. The molecule has 21 heavy (non-hydrogen) atoms. The average molecular weight is 371 g/mol. The molecule has 3 nitrogen and oxygen atoms in total. The SMILES string of the molecule is COc1ccc(CNCc2ccc(Br)cc2Cl)c(OC)c1. The van der Waals surface area contributed by atoms with Crippen molar-refractivity contribution < 1.29 is 9.47 Å². The molecule has 0 bridgehead atoms. The number of hydrogen-bond donors (Lipinski definition) is 1. The van der Waals surface area contributed by atoms with Crippen LogP contribution in [0.1, 0.15) is 11.1 Å². The molecule has 112 valence electrons. The Labute approximate surface area is 138 Å². The van der Waals surface area contributed by atoms with Gasteiger partial charge in [0.05, 0.1) is 14.2 Å². The lowest BCUT2D eigenvalue weighted by Crippen LogP contribution is -2.13. The van der Waals surface area contributed by atoms with Crippen molar-refractivity contribution in [3.8, 4) is 11.5 Å². The maximum Gasteiger partial charge on any atom is 0.127 e. The fourth-order valence-electron chi connectivity index (χ4n) is 1.99. The van der Waals surface area contributed by atoms with E-state index in [9.17, 15) is 0 Å². The largest absolute Gasteiger partial charge is 0.497 e. The van der Waals surface area contributed by atoms with E-state index in [4.69, 9.17) is 21.1 Å². The first kappa shape index (κ1) is 16.1. The Morgan fingerprint density at radius 3 is 2.38 bits per heavy atom. The third-order valence-corrected chi connectivity index (χ3v) is 3.99. The summed E-state index contributed by atoms with van der Waals surface area (Å²) in [6, 6.07) is 11.7. The highest BCUT2D eigenvalue weighted by Gasteiger charge is 2.06. The van der Waals surface area contributed by atoms with Crippen LogP contribution in [0.15, 0.2) is 40.9 Å². The Kier molecular flexibility index (Phi) is 5.91. The zero-order valence-corrected chi connectivity index (χ0v) is 14.3. The highest BCUT2D eigenvalue weighted by atomic mass is 79.9. The standard InChI is InChI=1S/C16H17BrClNO2/c1-20-14-6-4-12(16(8-14)21-2)10-19-9-11-3-5-13(17)7-15(11)18/h3-8,19H,9-10H2,1-2H3. The van der Waals surface area contributed by atoms with Gasteiger partial charge >= 0.3 is 0 Å². The van der Waals surface area contributed by atoms with Gasteiger partial charge in [-0.1, -0.05) is 39.7 Å². The fraction of sp³-hybridized carbons (Fsp3) is 0.250. The minimum absolute atomic E-state index is 0.694. The number of halogens is 2. The molecule has 0 spiro atoms. The van der Waals surface area contributed by atoms with Gasteiger partial charge in [0.1, 0.15) is 11.5 Å². The predicted molar refractivity (Wildman–Crippen MR) is 89.2 cm³/mol. The van der Waals surface area contributed by atoms with Crippen LogP contribution in [0.25, 0.3) is 0 Å². The second-order valence-electron chi connectivity index (χ2n) is 4.52. The Bertz CT molecular complexity index is 619. The average Bonchev–Trinajstić information content (AvgIpc) is 2.49. The number of ether oxygens (including phenoxy) is 2. The van der Waals surface area contributed by atoms with Gasteiger partial charge in [-0.2, -0.15) is 0 Å². The van der Waals surface area contributed by atoms with Crippen LogP contribution in [-0.2, 0) is 13.1 Å². The van der Waals surface area contributed by atoms with E-state index in [1.54, 1.807) is 14.2 Å². The Hall–Kier alpha value is -1.23. The van der Waals surface area contributed by atoms with Gasteiger partial charge in [-0.25, -0.2) is 0 Å². The van der Waals surface area contributed by atoms with Crippen molar-refractivity contribution in [3.05, 3.63) is 57.0 Å². The third kappa shape index (κ3) is 4.37. The van der Waals surface area contributed by atoms with Gasteiger partial charge in [-0.3, -0.25) is 0 Å². The van der Waals surface area contributed by atoms with E-state index in [1.807, 2.05) is 36.4 Å². The molecule has 2 rings (SSSR count). The first-order valence-electron chi connectivity index (χ1n) is 6.49. The predicted octanol–water partition coefficient (Wildman–Crippen LogP) is 4.41. The molecule has 0 saturated carbocycles. The molecule has 0 fully saturated rings. The zero-order valence-electron chi connectivity index (χ0n) is 12.0. The van der Waals surface area contributed by atoms with Crippen molar-refractivity contribution in [1.82, 2.24) is 5.32 Å². The molecule has 0 unspecified atom stereocenters. The summed E-state index contributed by atoms with van der Waals surface area (Å²) in [7, 11) is 3.30. The van der Waals surface area contributed by atoms with Crippen molar-refractivity contribution in [2.45, 2.75) is 13.1 Å². The highest BCUT2D eigenvalue weighted by Crippen LogP contribution is 2.25. The van der Waals surface area contributed by atoms with Crippen LogP contribution in [0.4, 0.5) is 0 Å². The van der Waals surface area contributed by atoms with Gasteiger partial charge in [0.2, 0.25) is 0 Å². The highest BCUT2D eigenvalue weighted by molar-refractivity contribution is 9.10. The number of nitrogens with one attached hydrogen (secondary N) is 1. The van der Waals surface area contributed by atoms with E-state index < -0.39 is 0 Å². The normalized spacial score (nSPS) is 10.5. The third-order valence-electron chi connectivity index (χ3n) is 3.14. The van der Waals surface area contributed by atoms with E-state index in [0.717, 1.165) is 32.1 Å². The maximum atomic E-state index is 6.20. The van der Waals surface area contributed by atoms with Crippen LogP contribution in [0.5, 0.6) is 11.5 Å². The first-order chi connectivity index (χ1) is 10.1. The van der Waals surface area contributed by atoms with Crippen molar-refractivity contribution in [2.24, 2.45) is 0 Å². The summed E-state index contributed by atoms with van der Waals surface area (Å²) in [6.07, 6.45) is 0. The van der Waals surface area contributed by atoms with Crippen LogP contribution in [0.3, 0.4) is 0 Å². The van der Waals surface area contributed by atoms with Crippen LogP contribution in [0.2, 0.25) is 5.02 Å². The monoisotopic (exact) mass is 369 g/mol. The molecule has 5 heteroatoms. The first-order valence-corrected chi connectivity index (χ1v) is 7.66. The number of rotatable bonds is 6. The molecule has 0 heterocycles. The van der Waals surface area contributed by atoms with Crippen LogP contribution in [0, 0.1) is 0 Å². The van der Waals surface area contributed by atoms with Crippen LogP contribution >= 0.6 is 27.5 Å². The molecular weight excluding hydrogens is 354 g/mol. The van der Waals surface area contributed by atoms with Crippen molar-refractivity contribution >= 4 is 27.5 Å². The van der Waals surface area contributed by atoms with Crippen molar-refractivity contribution in [2.75, 3.05) is 14.2 Å². The maximum absolute atomic E-state index is 6.20. The summed E-state index contributed by atoms with van der Waals surface area (Å²) in [4.78, 5) is 0. The molecule has 2 aromatic carbocycles. The molecule has 0 amide bonds. The van der Waals surface area contributed by atoms with Gasteiger partial charge in [0, 0.05) is 34.2 Å². The number of benzene rings is 2. The molecule has 0 saturated heterocycles. The minimum atomic E-state index is 0.694. The molecule has 0 atom stereocenters. The summed E-state index contributed by atoms with van der Waals surface area (Å²) >= 11 is 9.60. The summed E-state index contributed by atoms with van der Waals surface area (Å²) in [5.41, 5.74) is 2.14. The van der Waals surface area contributed by atoms with Crippen molar-refractivity contribution in [1.29, 1.82) is 0 Å². The molecule has 1 N–H and O–H groups in total. The van der Waals surface area contributed by atoms with Gasteiger partial charge in [0.15, 0.2) is 0 Å². The molecule has 0 radical (unpaired) electrons. The van der Waals surface area contributed by atoms with E-state index in [1.165, 1.54) is 0 Å². The van der Waals surface area contributed by atoms with E-state index in [2.05, 4.69) is 21.2 Å². The van der Waals surface area contributed by atoms with Gasteiger partial charge < -0.3 is 14.8 Å². The second-order valence-corrected chi connectivity index (χ2v) is 5.84. The van der Waals surface area contributed by atoms with E-state index in [0.29, 0.717) is 13.1 Å². The van der Waals surface area contributed by atoms with E-state index >= 15 is 0 Å². The second kappa shape index (κ2) is 7.69. The van der Waals surface area contributed by atoms with Gasteiger partial charge in [0.25, 0.3) is 0 Å². The van der Waals surface area contributed by atoms with E-state index in [-0.39, 0.29) is 0 Å². The Balaban J connectivity index is 2.00. The molecule has 0 aliphatic heterocycles. The fourth-order valence-corrected chi connectivity index (χ4v) is 2.74. The topological polar surface area (TPSA) is 30.5 Å².